The Hall–Kier alpha value is -2.43. The summed E-state index contributed by atoms with van der Waals surface area (Å²) in [5, 5.41) is 0. The van der Waals surface area contributed by atoms with Crippen molar-refractivity contribution in [3.63, 3.8) is 0 Å². The lowest BCUT2D eigenvalue weighted by molar-refractivity contribution is 0.483. The van der Waals surface area contributed by atoms with Crippen LogP contribution < -0.4 is 0 Å². The van der Waals surface area contributed by atoms with Gasteiger partial charge in [-0.2, -0.15) is 8.42 Å². The van der Waals surface area contributed by atoms with E-state index in [4.69, 9.17) is 4.55 Å². The molecule has 0 aliphatic heterocycles. The van der Waals surface area contributed by atoms with Gasteiger partial charge in [0.1, 0.15) is 0 Å². The van der Waals surface area contributed by atoms with Gasteiger partial charge in [0.05, 0.1) is 4.90 Å². The number of hydrogen-bond donors (Lipinski definition) is 1. The molecule has 0 spiro atoms. The van der Waals surface area contributed by atoms with Crippen LogP contribution in [0.1, 0.15) is 0 Å². The van der Waals surface area contributed by atoms with Gasteiger partial charge in [0, 0.05) is 0 Å². The predicted octanol–water partition coefficient (Wildman–Crippen LogP) is 4.27. The molecule has 0 heterocycles. The van der Waals surface area contributed by atoms with Crippen molar-refractivity contribution >= 4 is 10.1 Å². The van der Waals surface area contributed by atoms with E-state index in [1.165, 1.54) is 12.1 Å². The molecule has 0 atom stereocenters. The van der Waals surface area contributed by atoms with Crippen LogP contribution in [0.4, 0.5) is 0 Å². The first-order valence-corrected chi connectivity index (χ1v) is 8.21. The summed E-state index contributed by atoms with van der Waals surface area (Å²) < 4.78 is 31.1. The van der Waals surface area contributed by atoms with Crippen molar-refractivity contribution in [3.05, 3.63) is 78.9 Å². The molecule has 1 N–H and O–H groups in total. The van der Waals surface area contributed by atoms with Gasteiger partial charge in [-0.05, 0) is 34.4 Å². The van der Waals surface area contributed by atoms with Gasteiger partial charge in [0.25, 0.3) is 10.1 Å². The van der Waals surface area contributed by atoms with E-state index in [0.29, 0.717) is 0 Å². The summed E-state index contributed by atoms with van der Waals surface area (Å²) in [5.74, 6) is 0. The van der Waals surface area contributed by atoms with Crippen LogP contribution in [0, 0.1) is 0 Å². The summed E-state index contributed by atoms with van der Waals surface area (Å²) in [6.45, 7) is 0. The van der Waals surface area contributed by atoms with Crippen molar-refractivity contribution in [2.45, 2.75) is 4.90 Å². The van der Waals surface area contributed by atoms with E-state index in [1.54, 1.807) is 12.1 Å². The van der Waals surface area contributed by atoms with Crippen LogP contribution in [0.2, 0.25) is 0 Å². The van der Waals surface area contributed by atoms with Crippen molar-refractivity contribution in [3.8, 4) is 22.3 Å². The highest BCUT2D eigenvalue weighted by atomic mass is 32.2. The molecule has 3 rings (SSSR count). The van der Waals surface area contributed by atoms with Crippen LogP contribution >= 0.6 is 0 Å². The minimum Gasteiger partial charge on any atom is -0.282 e. The van der Waals surface area contributed by atoms with E-state index in [9.17, 15) is 8.42 Å². The fourth-order valence-corrected chi connectivity index (χ4v) is 2.79. The second-order valence-electron chi connectivity index (χ2n) is 4.94. The van der Waals surface area contributed by atoms with Gasteiger partial charge in [-0.15, -0.1) is 0 Å². The summed E-state index contributed by atoms with van der Waals surface area (Å²) >= 11 is 0. The van der Waals surface area contributed by atoms with E-state index >= 15 is 0 Å². The number of rotatable bonds is 3. The molecule has 3 aromatic carbocycles. The maximum absolute atomic E-state index is 11.0. The third-order valence-corrected chi connectivity index (χ3v) is 4.35. The zero-order valence-corrected chi connectivity index (χ0v) is 12.5. The first-order chi connectivity index (χ1) is 10.5. The summed E-state index contributed by atoms with van der Waals surface area (Å²) in [5.41, 5.74) is 4.16. The van der Waals surface area contributed by atoms with Gasteiger partial charge in [-0.25, -0.2) is 0 Å². The molecular formula is C18H14O3S. The highest BCUT2D eigenvalue weighted by molar-refractivity contribution is 7.85. The van der Waals surface area contributed by atoms with Crippen molar-refractivity contribution < 1.29 is 13.0 Å². The Kier molecular flexibility index (Phi) is 3.79. The molecule has 0 saturated carbocycles. The monoisotopic (exact) mass is 310 g/mol. The normalized spacial score (nSPS) is 11.3. The molecule has 0 fully saturated rings. The standard InChI is InChI=1S/C18H14O3S/c19-22(20,21)18-12-10-17(11-13-18)16-8-6-15(7-9-16)14-4-2-1-3-5-14/h1-13H,(H,19,20,21). The zero-order valence-electron chi connectivity index (χ0n) is 11.7. The molecule has 110 valence electrons. The molecule has 0 unspecified atom stereocenters. The van der Waals surface area contributed by atoms with Crippen molar-refractivity contribution in [1.82, 2.24) is 0 Å². The second-order valence-corrected chi connectivity index (χ2v) is 6.36. The van der Waals surface area contributed by atoms with Crippen LogP contribution in [0.3, 0.4) is 0 Å². The summed E-state index contributed by atoms with van der Waals surface area (Å²) in [6, 6.07) is 24.3. The first kappa shape index (κ1) is 14.5. The van der Waals surface area contributed by atoms with Gasteiger partial charge in [0.2, 0.25) is 0 Å². The van der Waals surface area contributed by atoms with E-state index in [2.05, 4.69) is 12.1 Å². The lowest BCUT2D eigenvalue weighted by Gasteiger charge is -2.05. The number of hydrogen-bond acceptors (Lipinski definition) is 2. The largest absolute Gasteiger partial charge is 0.294 e. The Morgan fingerprint density at radius 2 is 0.909 bits per heavy atom. The van der Waals surface area contributed by atoms with Gasteiger partial charge >= 0.3 is 0 Å². The van der Waals surface area contributed by atoms with E-state index in [1.807, 2.05) is 42.5 Å². The molecule has 3 nitrogen and oxygen atoms in total. The Labute approximate surface area is 129 Å². The van der Waals surface area contributed by atoms with Crippen LogP contribution in [0.15, 0.2) is 83.8 Å². The topological polar surface area (TPSA) is 54.4 Å². The molecule has 0 amide bonds. The maximum atomic E-state index is 11.0. The molecule has 0 aliphatic carbocycles. The minimum absolute atomic E-state index is 0.0999. The Morgan fingerprint density at radius 3 is 1.32 bits per heavy atom. The molecule has 3 aromatic rings. The maximum Gasteiger partial charge on any atom is 0.294 e. The molecule has 0 aromatic heterocycles. The first-order valence-electron chi connectivity index (χ1n) is 6.77. The summed E-state index contributed by atoms with van der Waals surface area (Å²) in [7, 11) is -4.14. The van der Waals surface area contributed by atoms with Crippen molar-refractivity contribution in [1.29, 1.82) is 0 Å². The fraction of sp³-hybridized carbons (Fsp3) is 0. The Balaban J connectivity index is 1.90. The SMILES string of the molecule is O=S(=O)(O)c1ccc(-c2ccc(-c3ccccc3)cc2)cc1. The Morgan fingerprint density at radius 1 is 0.545 bits per heavy atom. The van der Waals surface area contributed by atoms with E-state index in [-0.39, 0.29) is 4.90 Å². The Bertz CT molecular complexity index is 866. The summed E-state index contributed by atoms with van der Waals surface area (Å²) in [6.07, 6.45) is 0. The second kappa shape index (κ2) is 5.75. The third kappa shape index (κ3) is 3.08. The average molecular weight is 310 g/mol. The van der Waals surface area contributed by atoms with Gasteiger partial charge in [-0.1, -0.05) is 66.7 Å². The van der Waals surface area contributed by atoms with Gasteiger partial charge < -0.3 is 0 Å². The van der Waals surface area contributed by atoms with Gasteiger partial charge in [-0.3, -0.25) is 4.55 Å². The fourth-order valence-electron chi connectivity index (χ4n) is 2.31. The average Bonchev–Trinajstić information content (AvgIpc) is 2.55. The predicted molar refractivity (Wildman–Crippen MR) is 87.1 cm³/mol. The molecule has 22 heavy (non-hydrogen) atoms. The minimum atomic E-state index is -4.14. The van der Waals surface area contributed by atoms with Crippen LogP contribution in [-0.4, -0.2) is 13.0 Å². The molecule has 0 saturated heterocycles. The van der Waals surface area contributed by atoms with Crippen molar-refractivity contribution in [2.75, 3.05) is 0 Å². The quantitative estimate of drug-likeness (QED) is 0.735. The lowest BCUT2D eigenvalue weighted by atomic mass is 10.0. The molecule has 0 aliphatic rings. The third-order valence-electron chi connectivity index (χ3n) is 3.48. The van der Waals surface area contributed by atoms with Crippen LogP contribution in [0.25, 0.3) is 22.3 Å². The van der Waals surface area contributed by atoms with E-state index in [0.717, 1.165) is 22.3 Å². The van der Waals surface area contributed by atoms with E-state index < -0.39 is 10.1 Å². The van der Waals surface area contributed by atoms with Gasteiger partial charge in [0.15, 0.2) is 0 Å². The smallest absolute Gasteiger partial charge is 0.282 e. The van der Waals surface area contributed by atoms with Crippen molar-refractivity contribution in [2.24, 2.45) is 0 Å². The lowest BCUT2D eigenvalue weighted by Crippen LogP contribution is -1.97. The summed E-state index contributed by atoms with van der Waals surface area (Å²) in [4.78, 5) is -0.0999. The molecular weight excluding hydrogens is 296 g/mol. The van der Waals surface area contributed by atoms with Crippen LogP contribution in [0.5, 0.6) is 0 Å². The molecule has 0 bridgehead atoms. The highest BCUT2D eigenvalue weighted by Gasteiger charge is 2.09. The highest BCUT2D eigenvalue weighted by Crippen LogP contribution is 2.25. The molecule has 0 radical (unpaired) electrons. The zero-order chi connectivity index (χ0) is 15.6. The van der Waals surface area contributed by atoms with Crippen LogP contribution in [-0.2, 0) is 10.1 Å². The molecule has 4 heteroatoms. The number of benzene rings is 3.